The van der Waals surface area contributed by atoms with Gasteiger partial charge in [0.15, 0.2) is 0 Å². The van der Waals surface area contributed by atoms with Crippen LogP contribution in [0.3, 0.4) is 0 Å². The number of carbonyl (C=O) groups is 3. The summed E-state index contributed by atoms with van der Waals surface area (Å²) >= 11 is 4.24. The Morgan fingerprint density at radius 2 is 2.27 bits per heavy atom. The molecule has 30 heavy (non-hydrogen) atoms. The van der Waals surface area contributed by atoms with E-state index in [2.05, 4.69) is 15.5 Å². The van der Waals surface area contributed by atoms with Crippen LogP contribution >= 0.6 is 35.3 Å². The zero-order chi connectivity index (χ0) is 21.4. The SMILES string of the molecule is CC(=O)N(C1=CSCCO1)C1C(=O)N2C(C(=O)O)=C(CSc3nnnn3C)CSC12. The van der Waals surface area contributed by atoms with E-state index in [1.807, 2.05) is 0 Å². The van der Waals surface area contributed by atoms with Gasteiger partial charge in [-0.05, 0) is 16.0 Å². The molecule has 2 unspecified atom stereocenters. The molecule has 0 spiro atoms. The molecule has 4 rings (SSSR count). The number of hydrogen-bond acceptors (Lipinski definition) is 10. The number of carboxylic acid groups (broad SMARTS) is 1. The number of rotatable bonds is 6. The minimum atomic E-state index is -1.17. The Balaban J connectivity index is 1.58. The third kappa shape index (κ3) is 3.67. The number of thioether (sulfide) groups is 3. The Morgan fingerprint density at radius 3 is 2.87 bits per heavy atom. The Bertz CT molecular complexity index is 963. The van der Waals surface area contributed by atoms with Crippen LogP contribution in [0.4, 0.5) is 0 Å². The van der Waals surface area contributed by atoms with Crippen molar-refractivity contribution in [3.05, 3.63) is 22.6 Å². The quantitative estimate of drug-likeness (QED) is 0.456. The van der Waals surface area contributed by atoms with Gasteiger partial charge in [-0.3, -0.25) is 19.4 Å². The topological polar surface area (TPSA) is 131 Å². The van der Waals surface area contributed by atoms with Crippen molar-refractivity contribution < 1.29 is 24.2 Å². The summed E-state index contributed by atoms with van der Waals surface area (Å²) in [4.78, 5) is 39.9. The van der Waals surface area contributed by atoms with Crippen LogP contribution in [0.2, 0.25) is 0 Å². The fourth-order valence-electron chi connectivity index (χ4n) is 3.35. The molecule has 11 nitrogen and oxygen atoms in total. The van der Waals surface area contributed by atoms with Gasteiger partial charge in [0.25, 0.3) is 5.91 Å². The van der Waals surface area contributed by atoms with E-state index in [0.29, 0.717) is 34.7 Å². The van der Waals surface area contributed by atoms with Gasteiger partial charge in [-0.25, -0.2) is 9.48 Å². The van der Waals surface area contributed by atoms with Crippen LogP contribution in [0.15, 0.2) is 27.7 Å². The van der Waals surface area contributed by atoms with E-state index in [0.717, 1.165) is 5.75 Å². The highest BCUT2D eigenvalue weighted by Crippen LogP contribution is 2.44. The molecule has 0 bridgehead atoms. The molecule has 0 radical (unpaired) electrons. The summed E-state index contributed by atoms with van der Waals surface area (Å²) in [6.07, 6.45) is 0. The molecular formula is C16H18N6O5S3. The first kappa shape index (κ1) is 21.1. The molecule has 1 aromatic rings. The van der Waals surface area contributed by atoms with E-state index < -0.39 is 23.3 Å². The minimum Gasteiger partial charge on any atom is -0.477 e. The fraction of sp³-hybridized carbons (Fsp3) is 0.500. The van der Waals surface area contributed by atoms with Gasteiger partial charge in [-0.2, -0.15) is 0 Å². The highest BCUT2D eigenvalue weighted by atomic mass is 32.2. The molecule has 0 aliphatic carbocycles. The number of carbonyl (C=O) groups excluding carboxylic acids is 2. The molecule has 1 aromatic heterocycles. The van der Waals surface area contributed by atoms with Crippen molar-refractivity contribution in [3.63, 3.8) is 0 Å². The van der Waals surface area contributed by atoms with E-state index in [9.17, 15) is 19.5 Å². The van der Waals surface area contributed by atoms with Gasteiger partial charge < -0.3 is 9.84 Å². The lowest BCUT2D eigenvalue weighted by molar-refractivity contribution is -0.159. The molecule has 2 atom stereocenters. The number of fused-ring (bicyclic) bond motifs is 1. The zero-order valence-corrected chi connectivity index (χ0v) is 18.5. The van der Waals surface area contributed by atoms with Gasteiger partial charge in [-0.1, -0.05) is 11.8 Å². The van der Waals surface area contributed by atoms with Gasteiger partial charge in [0.1, 0.15) is 17.1 Å². The number of aryl methyl sites for hydroxylation is 1. The van der Waals surface area contributed by atoms with Crippen LogP contribution in [0.5, 0.6) is 0 Å². The standard InChI is InChI=1S/C16H18N6O5S3/c1-8(23)21(10-7-28-4-3-27-10)12-13(24)22-11(15(25)26)9(5-29-14(12)22)6-30-16-17-18-19-20(16)2/h7,12,14H,3-6H2,1-2H3,(H,25,26). The predicted molar refractivity (Wildman–Crippen MR) is 110 cm³/mol. The van der Waals surface area contributed by atoms with Crippen molar-refractivity contribution in [1.29, 1.82) is 0 Å². The van der Waals surface area contributed by atoms with Gasteiger partial charge in [0, 0.05) is 36.6 Å². The first-order chi connectivity index (χ1) is 14.4. The predicted octanol–water partition coefficient (Wildman–Crippen LogP) is 0.335. The van der Waals surface area contributed by atoms with Crippen molar-refractivity contribution >= 4 is 53.1 Å². The lowest BCUT2D eigenvalue weighted by Gasteiger charge is -2.52. The molecule has 0 aromatic carbocycles. The number of β-lactam (4-membered cyclic amide) rings is 1. The van der Waals surface area contributed by atoms with E-state index in [1.54, 1.807) is 12.5 Å². The lowest BCUT2D eigenvalue weighted by Crippen LogP contribution is -2.71. The number of nitrogens with zero attached hydrogens (tertiary/aromatic N) is 6. The highest BCUT2D eigenvalue weighted by Gasteiger charge is 2.57. The van der Waals surface area contributed by atoms with Crippen molar-refractivity contribution in [2.45, 2.75) is 23.5 Å². The van der Waals surface area contributed by atoms with E-state index in [1.165, 1.54) is 56.7 Å². The maximum atomic E-state index is 13.0. The maximum Gasteiger partial charge on any atom is 0.352 e. The molecule has 1 N–H and O–H groups in total. The van der Waals surface area contributed by atoms with Crippen molar-refractivity contribution in [3.8, 4) is 0 Å². The number of carboxylic acids is 1. The second-order valence-corrected chi connectivity index (χ2v) is 9.57. The van der Waals surface area contributed by atoms with Crippen LogP contribution < -0.4 is 0 Å². The van der Waals surface area contributed by atoms with Crippen molar-refractivity contribution in [1.82, 2.24) is 30.0 Å². The number of aromatic nitrogens is 4. The van der Waals surface area contributed by atoms with Gasteiger partial charge in [0.2, 0.25) is 16.9 Å². The Hall–Kier alpha value is -2.19. The average Bonchev–Trinajstić information content (AvgIpc) is 3.14. The normalized spacial score (nSPS) is 23.3. The summed E-state index contributed by atoms with van der Waals surface area (Å²) in [5.74, 6) is -0.0452. The van der Waals surface area contributed by atoms with Crippen LogP contribution in [0, 0.1) is 0 Å². The second kappa shape index (κ2) is 8.51. The molecule has 160 valence electrons. The molecule has 3 aliphatic heterocycles. The monoisotopic (exact) mass is 470 g/mol. The number of aliphatic carboxylic acids is 1. The van der Waals surface area contributed by atoms with Gasteiger partial charge in [0.05, 0.1) is 6.61 Å². The van der Waals surface area contributed by atoms with Gasteiger partial charge >= 0.3 is 5.97 Å². The Morgan fingerprint density at radius 1 is 1.47 bits per heavy atom. The molecule has 3 aliphatic rings. The Labute approximate surface area is 184 Å². The average molecular weight is 471 g/mol. The van der Waals surface area contributed by atoms with Crippen molar-refractivity contribution in [2.24, 2.45) is 7.05 Å². The van der Waals surface area contributed by atoms with Crippen molar-refractivity contribution in [2.75, 3.05) is 23.9 Å². The van der Waals surface area contributed by atoms with Crippen LogP contribution in [-0.4, -0.2) is 88.2 Å². The summed E-state index contributed by atoms with van der Waals surface area (Å²) in [5.41, 5.74) is 0.584. The largest absolute Gasteiger partial charge is 0.477 e. The summed E-state index contributed by atoms with van der Waals surface area (Å²) in [6.45, 7) is 1.82. The number of tetrazole rings is 1. The summed E-state index contributed by atoms with van der Waals surface area (Å²) in [5, 5.41) is 22.8. The number of amides is 2. The van der Waals surface area contributed by atoms with E-state index >= 15 is 0 Å². The highest BCUT2D eigenvalue weighted by molar-refractivity contribution is 8.02. The number of hydrogen-bond donors (Lipinski definition) is 1. The van der Waals surface area contributed by atoms with Crippen LogP contribution in [0.25, 0.3) is 0 Å². The Kier molecular flexibility index (Phi) is 5.97. The minimum absolute atomic E-state index is 0.0287. The van der Waals surface area contributed by atoms with Crippen LogP contribution in [0.1, 0.15) is 6.92 Å². The summed E-state index contributed by atoms with van der Waals surface area (Å²) in [6, 6.07) is -0.788. The fourth-order valence-corrected chi connectivity index (χ4v) is 6.35. The zero-order valence-electron chi connectivity index (χ0n) is 16.0. The third-order valence-electron chi connectivity index (χ3n) is 4.67. The number of ether oxygens (including phenoxy) is 1. The molecule has 14 heteroatoms. The second-order valence-electron chi connectivity index (χ2n) is 6.55. The lowest BCUT2D eigenvalue weighted by atomic mass is 10.0. The molecule has 0 saturated carbocycles. The van der Waals surface area contributed by atoms with Crippen LogP contribution in [-0.2, 0) is 26.2 Å². The molecule has 1 saturated heterocycles. The molecular weight excluding hydrogens is 452 g/mol. The summed E-state index contributed by atoms with van der Waals surface area (Å²) in [7, 11) is 1.70. The first-order valence-corrected chi connectivity index (χ1v) is 12.0. The van der Waals surface area contributed by atoms with E-state index in [-0.39, 0.29) is 11.6 Å². The third-order valence-corrected chi connectivity index (χ3v) is 7.86. The first-order valence-electron chi connectivity index (χ1n) is 8.89. The van der Waals surface area contributed by atoms with E-state index in [4.69, 9.17) is 4.74 Å². The molecule has 4 heterocycles. The molecule has 2 amide bonds. The maximum absolute atomic E-state index is 13.0. The van der Waals surface area contributed by atoms with Gasteiger partial charge in [-0.15, -0.1) is 28.6 Å². The smallest absolute Gasteiger partial charge is 0.352 e. The molecule has 1 fully saturated rings. The summed E-state index contributed by atoms with van der Waals surface area (Å²) < 4.78 is 7.08.